The van der Waals surface area contributed by atoms with E-state index >= 15 is 0 Å². The Morgan fingerprint density at radius 3 is 2.67 bits per heavy atom. The molecule has 2 atom stereocenters. The van der Waals surface area contributed by atoms with Crippen LogP contribution in [0.5, 0.6) is 0 Å². The Morgan fingerprint density at radius 2 is 2.00 bits per heavy atom. The molecule has 1 aliphatic rings. The smallest absolute Gasteiger partial charge is 0.308 e. The normalized spacial score (nSPS) is 25.1. The molecule has 0 spiro atoms. The number of carboxylic acids is 1. The number of anilines is 1. The first-order valence-electron chi connectivity index (χ1n) is 5.32. The molecular weight excluding hydrogens is 190 g/mol. The number of hydrogen-bond acceptors (Lipinski definition) is 2. The SMILES string of the molecule is O=C(O)[C@H]1CCC[C@@H]1Nc1ccccc1. The van der Waals surface area contributed by atoms with E-state index in [1.165, 1.54) is 0 Å². The third-order valence-corrected chi connectivity index (χ3v) is 2.96. The Hall–Kier alpha value is -1.51. The third kappa shape index (κ3) is 2.29. The summed E-state index contributed by atoms with van der Waals surface area (Å²) in [7, 11) is 0. The summed E-state index contributed by atoms with van der Waals surface area (Å²) < 4.78 is 0. The average molecular weight is 205 g/mol. The van der Waals surface area contributed by atoms with Crippen molar-refractivity contribution < 1.29 is 9.90 Å². The van der Waals surface area contributed by atoms with E-state index in [0.29, 0.717) is 0 Å². The van der Waals surface area contributed by atoms with Crippen LogP contribution in [0.25, 0.3) is 0 Å². The van der Waals surface area contributed by atoms with Crippen LogP contribution in [0.3, 0.4) is 0 Å². The van der Waals surface area contributed by atoms with Gasteiger partial charge in [-0.25, -0.2) is 0 Å². The highest BCUT2D eigenvalue weighted by Gasteiger charge is 2.32. The van der Waals surface area contributed by atoms with Crippen LogP contribution in [0, 0.1) is 5.92 Å². The summed E-state index contributed by atoms with van der Waals surface area (Å²) in [6, 6.07) is 9.88. The largest absolute Gasteiger partial charge is 0.481 e. The van der Waals surface area contributed by atoms with Crippen LogP contribution in [0.4, 0.5) is 5.69 Å². The van der Waals surface area contributed by atoms with Gasteiger partial charge in [0, 0.05) is 11.7 Å². The van der Waals surface area contributed by atoms with Crippen molar-refractivity contribution in [3.8, 4) is 0 Å². The predicted octanol–water partition coefficient (Wildman–Crippen LogP) is 2.35. The first-order chi connectivity index (χ1) is 7.27. The van der Waals surface area contributed by atoms with Gasteiger partial charge in [-0.3, -0.25) is 4.79 Å². The van der Waals surface area contributed by atoms with E-state index in [1.54, 1.807) is 0 Å². The first-order valence-corrected chi connectivity index (χ1v) is 5.32. The molecule has 1 aromatic rings. The summed E-state index contributed by atoms with van der Waals surface area (Å²) in [5.74, 6) is -0.911. The summed E-state index contributed by atoms with van der Waals surface area (Å²) in [5.41, 5.74) is 1.01. The number of rotatable bonds is 3. The van der Waals surface area contributed by atoms with Gasteiger partial charge < -0.3 is 10.4 Å². The zero-order valence-electron chi connectivity index (χ0n) is 8.52. The molecule has 3 nitrogen and oxygen atoms in total. The summed E-state index contributed by atoms with van der Waals surface area (Å²) in [6.45, 7) is 0. The molecule has 0 aromatic heterocycles. The standard InChI is InChI=1S/C12H15NO2/c14-12(15)10-7-4-8-11(10)13-9-5-2-1-3-6-9/h1-3,5-6,10-11,13H,4,7-8H2,(H,14,15)/t10-,11-/m0/s1. The second-order valence-electron chi connectivity index (χ2n) is 3.99. The highest BCUT2D eigenvalue weighted by atomic mass is 16.4. The quantitative estimate of drug-likeness (QED) is 0.796. The summed E-state index contributed by atoms with van der Waals surface area (Å²) >= 11 is 0. The molecule has 0 aliphatic heterocycles. The van der Waals surface area contributed by atoms with Gasteiger partial charge in [-0.1, -0.05) is 24.6 Å². The Bertz CT molecular complexity index is 337. The number of aliphatic carboxylic acids is 1. The van der Waals surface area contributed by atoms with Gasteiger partial charge in [0.15, 0.2) is 0 Å². The van der Waals surface area contributed by atoms with Crippen LogP contribution in [-0.4, -0.2) is 17.1 Å². The van der Waals surface area contributed by atoms with Crippen LogP contribution in [0.15, 0.2) is 30.3 Å². The van der Waals surface area contributed by atoms with Gasteiger partial charge >= 0.3 is 5.97 Å². The monoisotopic (exact) mass is 205 g/mol. The Balaban J connectivity index is 2.03. The van der Waals surface area contributed by atoms with Crippen LogP contribution in [0.2, 0.25) is 0 Å². The lowest BCUT2D eigenvalue weighted by atomic mass is 10.0. The zero-order valence-corrected chi connectivity index (χ0v) is 8.52. The molecule has 0 bridgehead atoms. The van der Waals surface area contributed by atoms with Gasteiger partial charge in [0.25, 0.3) is 0 Å². The van der Waals surface area contributed by atoms with Crippen LogP contribution in [0.1, 0.15) is 19.3 Å². The van der Waals surface area contributed by atoms with Gasteiger partial charge in [-0.2, -0.15) is 0 Å². The van der Waals surface area contributed by atoms with Gasteiger partial charge in [0.05, 0.1) is 5.92 Å². The molecular formula is C12H15NO2. The lowest BCUT2D eigenvalue weighted by Gasteiger charge is -2.18. The van der Waals surface area contributed by atoms with Crippen molar-refractivity contribution in [3.63, 3.8) is 0 Å². The molecule has 1 saturated carbocycles. The minimum atomic E-state index is -0.680. The van der Waals surface area contributed by atoms with Crippen molar-refractivity contribution in [3.05, 3.63) is 30.3 Å². The number of para-hydroxylation sites is 1. The summed E-state index contributed by atoms with van der Waals surface area (Å²) in [6.07, 6.45) is 2.74. The van der Waals surface area contributed by atoms with Gasteiger partial charge in [0.1, 0.15) is 0 Å². The van der Waals surface area contributed by atoms with Crippen molar-refractivity contribution in [1.82, 2.24) is 0 Å². The molecule has 0 unspecified atom stereocenters. The molecule has 1 aliphatic carbocycles. The van der Waals surface area contributed by atoms with Crippen molar-refractivity contribution in [2.75, 3.05) is 5.32 Å². The number of carboxylic acid groups (broad SMARTS) is 1. The van der Waals surface area contributed by atoms with Crippen LogP contribution >= 0.6 is 0 Å². The lowest BCUT2D eigenvalue weighted by molar-refractivity contribution is -0.141. The van der Waals surface area contributed by atoms with E-state index in [0.717, 1.165) is 24.9 Å². The molecule has 2 rings (SSSR count). The number of hydrogen-bond donors (Lipinski definition) is 2. The molecule has 15 heavy (non-hydrogen) atoms. The molecule has 80 valence electrons. The molecule has 0 radical (unpaired) electrons. The highest BCUT2D eigenvalue weighted by Crippen LogP contribution is 2.28. The van der Waals surface area contributed by atoms with Crippen molar-refractivity contribution in [2.24, 2.45) is 5.92 Å². The molecule has 0 amide bonds. The van der Waals surface area contributed by atoms with Crippen molar-refractivity contribution in [1.29, 1.82) is 0 Å². The molecule has 3 heteroatoms. The van der Waals surface area contributed by atoms with E-state index in [-0.39, 0.29) is 12.0 Å². The number of benzene rings is 1. The van der Waals surface area contributed by atoms with E-state index in [4.69, 9.17) is 5.11 Å². The van der Waals surface area contributed by atoms with Gasteiger partial charge in [-0.05, 0) is 25.0 Å². The minimum Gasteiger partial charge on any atom is -0.481 e. The Kier molecular flexibility index (Phi) is 2.90. The maximum Gasteiger partial charge on any atom is 0.308 e. The topological polar surface area (TPSA) is 49.3 Å². The van der Waals surface area contributed by atoms with Gasteiger partial charge in [0.2, 0.25) is 0 Å². The van der Waals surface area contributed by atoms with Crippen molar-refractivity contribution in [2.45, 2.75) is 25.3 Å². The maximum atomic E-state index is 11.0. The van der Waals surface area contributed by atoms with Gasteiger partial charge in [-0.15, -0.1) is 0 Å². The van der Waals surface area contributed by atoms with E-state index in [9.17, 15) is 4.79 Å². The first kappa shape index (κ1) is 10.0. The lowest BCUT2D eigenvalue weighted by Crippen LogP contribution is -2.29. The predicted molar refractivity (Wildman–Crippen MR) is 58.8 cm³/mol. The molecule has 1 fully saturated rings. The van der Waals surface area contributed by atoms with E-state index < -0.39 is 5.97 Å². The number of nitrogens with one attached hydrogen (secondary N) is 1. The fourth-order valence-electron chi connectivity index (χ4n) is 2.18. The fraction of sp³-hybridized carbons (Fsp3) is 0.417. The fourth-order valence-corrected chi connectivity index (χ4v) is 2.18. The van der Waals surface area contributed by atoms with Crippen molar-refractivity contribution >= 4 is 11.7 Å². The van der Waals surface area contributed by atoms with E-state index in [1.807, 2.05) is 30.3 Å². The maximum absolute atomic E-state index is 11.0. The average Bonchev–Trinajstić information content (AvgIpc) is 2.67. The summed E-state index contributed by atoms with van der Waals surface area (Å²) in [4.78, 5) is 11.0. The minimum absolute atomic E-state index is 0.0879. The second kappa shape index (κ2) is 4.34. The Labute approximate surface area is 89.1 Å². The molecule has 2 N–H and O–H groups in total. The van der Waals surface area contributed by atoms with E-state index in [2.05, 4.69) is 5.32 Å². The third-order valence-electron chi connectivity index (χ3n) is 2.96. The second-order valence-corrected chi connectivity index (χ2v) is 3.99. The zero-order chi connectivity index (χ0) is 10.7. The molecule has 1 aromatic carbocycles. The number of carbonyl (C=O) groups is 1. The van der Waals surface area contributed by atoms with Crippen LogP contribution < -0.4 is 5.32 Å². The van der Waals surface area contributed by atoms with Crippen LogP contribution in [-0.2, 0) is 4.79 Å². The summed E-state index contributed by atoms with van der Waals surface area (Å²) in [5, 5.41) is 12.3. The molecule has 0 saturated heterocycles. The molecule has 0 heterocycles. The Morgan fingerprint density at radius 1 is 1.27 bits per heavy atom. The highest BCUT2D eigenvalue weighted by molar-refractivity contribution is 5.72.